The summed E-state index contributed by atoms with van der Waals surface area (Å²) in [4.78, 5) is 22.3. The van der Waals surface area contributed by atoms with Crippen LogP contribution < -0.4 is 11.1 Å². The topological polar surface area (TPSA) is 102 Å². The first kappa shape index (κ1) is 17.3. The first-order chi connectivity index (χ1) is 8.54. The number of carbonyl (C=O) groups is 2. The normalized spacial score (nSPS) is 12.2. The predicted molar refractivity (Wildman–Crippen MR) is 69.2 cm³/mol. The number of ether oxygens (including phenoxy) is 1. The standard InChI is InChI=1S/C10H18Cl2N2O4/c11-5-7(6-12)18-10(17)14-8(9(15)16)3-1-2-4-13/h7-8H,1-6,13H2,(H,14,17)(H,15,16)/t8-/m0/s1. The number of alkyl carbamates (subject to hydrolysis) is 1. The van der Waals surface area contributed by atoms with E-state index in [0.29, 0.717) is 25.8 Å². The number of carbonyl (C=O) groups excluding carboxylic acids is 1. The molecule has 106 valence electrons. The maximum absolute atomic E-state index is 11.4. The SMILES string of the molecule is NCCCC[C@H](NC(=O)OC(CCl)CCl)C(=O)O. The van der Waals surface area contributed by atoms with Crippen molar-refractivity contribution in [3.05, 3.63) is 0 Å². The fourth-order valence-electron chi connectivity index (χ4n) is 1.18. The van der Waals surface area contributed by atoms with Crippen molar-refractivity contribution in [2.45, 2.75) is 31.4 Å². The lowest BCUT2D eigenvalue weighted by Gasteiger charge is -2.17. The van der Waals surface area contributed by atoms with Crippen molar-refractivity contribution in [3.63, 3.8) is 0 Å². The van der Waals surface area contributed by atoms with Gasteiger partial charge in [0.2, 0.25) is 0 Å². The van der Waals surface area contributed by atoms with Crippen molar-refractivity contribution < 1.29 is 19.4 Å². The van der Waals surface area contributed by atoms with Crippen LogP contribution in [0, 0.1) is 0 Å². The molecule has 0 aliphatic rings. The zero-order chi connectivity index (χ0) is 14.0. The summed E-state index contributed by atoms with van der Waals surface area (Å²) >= 11 is 11.0. The van der Waals surface area contributed by atoms with Crippen LogP contribution in [0.1, 0.15) is 19.3 Å². The molecule has 0 rings (SSSR count). The molecule has 0 aliphatic heterocycles. The van der Waals surface area contributed by atoms with E-state index < -0.39 is 24.2 Å². The number of amides is 1. The van der Waals surface area contributed by atoms with Gasteiger partial charge in [-0.3, -0.25) is 0 Å². The second kappa shape index (κ2) is 10.2. The summed E-state index contributed by atoms with van der Waals surface area (Å²) in [6.07, 6.45) is 0.149. The Kier molecular flexibility index (Phi) is 9.82. The number of rotatable bonds is 9. The van der Waals surface area contributed by atoms with Gasteiger partial charge in [0.25, 0.3) is 0 Å². The number of hydrogen-bond donors (Lipinski definition) is 3. The number of unbranched alkanes of at least 4 members (excludes halogenated alkanes) is 1. The van der Waals surface area contributed by atoms with E-state index in [0.717, 1.165) is 0 Å². The maximum atomic E-state index is 11.4. The van der Waals surface area contributed by atoms with Crippen LogP contribution in [0.3, 0.4) is 0 Å². The van der Waals surface area contributed by atoms with Crippen LogP contribution in [-0.4, -0.2) is 47.6 Å². The number of hydrogen-bond acceptors (Lipinski definition) is 4. The summed E-state index contributed by atoms with van der Waals surface area (Å²) in [5, 5.41) is 11.2. The molecule has 0 spiro atoms. The van der Waals surface area contributed by atoms with Crippen LogP contribution in [0.4, 0.5) is 4.79 Å². The first-order valence-corrected chi connectivity index (χ1v) is 6.64. The van der Waals surface area contributed by atoms with Crippen molar-refractivity contribution in [2.24, 2.45) is 5.73 Å². The van der Waals surface area contributed by atoms with E-state index in [9.17, 15) is 9.59 Å². The molecule has 0 heterocycles. The molecule has 0 fully saturated rings. The third-order valence-electron chi connectivity index (χ3n) is 2.16. The second-order valence-electron chi connectivity index (χ2n) is 3.66. The van der Waals surface area contributed by atoms with E-state index in [-0.39, 0.29) is 11.8 Å². The van der Waals surface area contributed by atoms with Gasteiger partial charge in [-0.1, -0.05) is 0 Å². The first-order valence-electron chi connectivity index (χ1n) is 5.57. The van der Waals surface area contributed by atoms with E-state index in [1.165, 1.54) is 0 Å². The van der Waals surface area contributed by atoms with Gasteiger partial charge >= 0.3 is 12.1 Å². The summed E-state index contributed by atoms with van der Waals surface area (Å²) < 4.78 is 4.83. The van der Waals surface area contributed by atoms with Crippen molar-refractivity contribution in [2.75, 3.05) is 18.3 Å². The number of nitrogens with two attached hydrogens (primary N) is 1. The summed E-state index contributed by atoms with van der Waals surface area (Å²) in [5.41, 5.74) is 5.31. The lowest BCUT2D eigenvalue weighted by Crippen LogP contribution is -2.42. The van der Waals surface area contributed by atoms with Crippen LogP contribution >= 0.6 is 23.2 Å². The second-order valence-corrected chi connectivity index (χ2v) is 4.27. The molecule has 1 atom stereocenters. The zero-order valence-corrected chi connectivity index (χ0v) is 11.4. The van der Waals surface area contributed by atoms with E-state index in [2.05, 4.69) is 5.32 Å². The maximum Gasteiger partial charge on any atom is 0.408 e. The van der Waals surface area contributed by atoms with E-state index >= 15 is 0 Å². The fourth-order valence-corrected chi connectivity index (χ4v) is 1.64. The zero-order valence-electron chi connectivity index (χ0n) is 9.90. The smallest absolute Gasteiger partial charge is 0.408 e. The number of carboxylic acids is 1. The minimum Gasteiger partial charge on any atom is -0.480 e. The Morgan fingerprint density at radius 3 is 2.33 bits per heavy atom. The summed E-state index contributed by atoms with van der Waals surface area (Å²) in [6.45, 7) is 0.483. The molecule has 18 heavy (non-hydrogen) atoms. The van der Waals surface area contributed by atoms with Crippen LogP contribution in [0.15, 0.2) is 0 Å². The molecule has 6 nitrogen and oxygen atoms in total. The van der Waals surface area contributed by atoms with Crippen molar-refractivity contribution >= 4 is 35.3 Å². The Hall–Kier alpha value is -0.720. The van der Waals surface area contributed by atoms with Crippen LogP contribution in [0.5, 0.6) is 0 Å². The third-order valence-corrected chi connectivity index (χ3v) is 2.84. The molecule has 0 aliphatic carbocycles. The Morgan fingerprint density at radius 2 is 1.89 bits per heavy atom. The van der Waals surface area contributed by atoms with Gasteiger partial charge in [0.1, 0.15) is 12.1 Å². The number of nitrogens with one attached hydrogen (secondary N) is 1. The highest BCUT2D eigenvalue weighted by molar-refractivity contribution is 6.21. The van der Waals surface area contributed by atoms with Gasteiger partial charge in [-0.15, -0.1) is 23.2 Å². The van der Waals surface area contributed by atoms with Crippen molar-refractivity contribution in [1.29, 1.82) is 0 Å². The molecular weight excluding hydrogens is 283 g/mol. The van der Waals surface area contributed by atoms with Crippen LogP contribution in [-0.2, 0) is 9.53 Å². The van der Waals surface area contributed by atoms with E-state index in [4.69, 9.17) is 38.8 Å². The fraction of sp³-hybridized carbons (Fsp3) is 0.800. The number of alkyl halides is 2. The molecule has 8 heteroatoms. The molecule has 0 saturated carbocycles. The Morgan fingerprint density at radius 1 is 1.28 bits per heavy atom. The van der Waals surface area contributed by atoms with Gasteiger partial charge in [0.05, 0.1) is 11.8 Å². The molecule has 0 radical (unpaired) electrons. The highest BCUT2D eigenvalue weighted by atomic mass is 35.5. The number of halogens is 2. The average molecular weight is 301 g/mol. The molecule has 0 aromatic heterocycles. The quantitative estimate of drug-likeness (QED) is 0.438. The van der Waals surface area contributed by atoms with Gasteiger partial charge in [-0.25, -0.2) is 9.59 Å². The molecule has 0 aromatic rings. The molecule has 0 saturated heterocycles. The lowest BCUT2D eigenvalue weighted by atomic mass is 10.1. The molecule has 0 bridgehead atoms. The Balaban J connectivity index is 4.14. The molecule has 4 N–H and O–H groups in total. The summed E-state index contributed by atoms with van der Waals surface area (Å²) in [5.74, 6) is -0.999. The van der Waals surface area contributed by atoms with Gasteiger partial charge in [-0.05, 0) is 25.8 Å². The van der Waals surface area contributed by atoms with Gasteiger partial charge in [-0.2, -0.15) is 0 Å². The van der Waals surface area contributed by atoms with Crippen molar-refractivity contribution in [3.8, 4) is 0 Å². The molecule has 0 aromatic carbocycles. The van der Waals surface area contributed by atoms with Gasteiger partial charge < -0.3 is 20.9 Å². The minimum atomic E-state index is -1.11. The Bertz CT molecular complexity index is 262. The third kappa shape index (κ3) is 7.58. The molecule has 0 unspecified atom stereocenters. The van der Waals surface area contributed by atoms with Crippen LogP contribution in [0.2, 0.25) is 0 Å². The highest BCUT2D eigenvalue weighted by Gasteiger charge is 2.21. The molecule has 1 amide bonds. The largest absolute Gasteiger partial charge is 0.480 e. The van der Waals surface area contributed by atoms with Crippen molar-refractivity contribution in [1.82, 2.24) is 5.32 Å². The number of carboxylic acid groups (broad SMARTS) is 1. The number of aliphatic carboxylic acids is 1. The average Bonchev–Trinajstić information content (AvgIpc) is 2.34. The predicted octanol–water partition coefficient (Wildman–Crippen LogP) is 1.14. The highest BCUT2D eigenvalue weighted by Crippen LogP contribution is 2.03. The van der Waals surface area contributed by atoms with Crippen LogP contribution in [0.25, 0.3) is 0 Å². The molecular formula is C10H18Cl2N2O4. The summed E-state index contributed by atoms with van der Waals surface area (Å²) in [7, 11) is 0. The van der Waals surface area contributed by atoms with Gasteiger partial charge in [0, 0.05) is 0 Å². The lowest BCUT2D eigenvalue weighted by molar-refractivity contribution is -0.139. The van der Waals surface area contributed by atoms with Gasteiger partial charge in [0.15, 0.2) is 0 Å². The Labute approximate surface area is 116 Å². The minimum absolute atomic E-state index is 0.0574. The summed E-state index contributed by atoms with van der Waals surface area (Å²) in [6, 6.07) is -0.990. The van der Waals surface area contributed by atoms with E-state index in [1.54, 1.807) is 0 Å². The monoisotopic (exact) mass is 300 g/mol. The van der Waals surface area contributed by atoms with E-state index in [1.807, 2.05) is 0 Å².